The van der Waals surface area contributed by atoms with E-state index in [0.29, 0.717) is 23.3 Å². The maximum Gasteiger partial charge on any atom is 0.349 e. The Bertz CT molecular complexity index is 973. The molecule has 0 atom stereocenters. The van der Waals surface area contributed by atoms with Gasteiger partial charge in [0.25, 0.3) is 5.91 Å². The van der Waals surface area contributed by atoms with E-state index in [-0.39, 0.29) is 17.5 Å². The summed E-state index contributed by atoms with van der Waals surface area (Å²) in [4.78, 5) is 27.2. The van der Waals surface area contributed by atoms with Gasteiger partial charge in [-0.2, -0.15) is 11.3 Å². The first-order chi connectivity index (χ1) is 12.2. The molecule has 2 heterocycles. The number of thiophene rings is 1. The van der Waals surface area contributed by atoms with E-state index in [9.17, 15) is 9.59 Å². The Morgan fingerprint density at radius 2 is 2.20 bits per heavy atom. The molecule has 1 saturated carbocycles. The second kappa shape index (κ2) is 6.37. The smallest absolute Gasteiger partial charge is 0.349 e. The molecule has 1 aromatic carbocycles. The molecule has 0 N–H and O–H groups in total. The Labute approximate surface area is 148 Å². The van der Waals surface area contributed by atoms with Gasteiger partial charge in [0.1, 0.15) is 5.56 Å². The van der Waals surface area contributed by atoms with Crippen LogP contribution in [0, 0.1) is 0 Å². The minimum absolute atomic E-state index is 0.0721. The van der Waals surface area contributed by atoms with Crippen LogP contribution in [-0.2, 0) is 6.54 Å². The Morgan fingerprint density at radius 1 is 1.36 bits per heavy atom. The summed E-state index contributed by atoms with van der Waals surface area (Å²) in [5.41, 5.74) is 0.889. The Balaban J connectivity index is 1.73. The fourth-order valence-corrected chi connectivity index (χ4v) is 3.57. The first kappa shape index (κ1) is 15.9. The largest absolute Gasteiger partial charge is 0.493 e. The van der Waals surface area contributed by atoms with Gasteiger partial charge in [-0.05, 0) is 47.4 Å². The van der Waals surface area contributed by atoms with Crippen molar-refractivity contribution in [3.8, 4) is 5.75 Å². The lowest BCUT2D eigenvalue weighted by Gasteiger charge is -2.21. The van der Waals surface area contributed by atoms with Crippen LogP contribution in [0.4, 0.5) is 0 Å². The summed E-state index contributed by atoms with van der Waals surface area (Å²) in [7, 11) is 1.52. The number of para-hydroxylation sites is 1. The lowest BCUT2D eigenvalue weighted by molar-refractivity contribution is 0.0726. The summed E-state index contributed by atoms with van der Waals surface area (Å²) in [6, 6.07) is 9.14. The number of amides is 1. The number of fused-ring (bicyclic) bond motifs is 1. The van der Waals surface area contributed by atoms with Gasteiger partial charge in [-0.1, -0.05) is 12.1 Å². The third-order valence-corrected chi connectivity index (χ3v) is 5.09. The third kappa shape index (κ3) is 3.05. The Kier molecular flexibility index (Phi) is 4.05. The van der Waals surface area contributed by atoms with Gasteiger partial charge >= 0.3 is 5.63 Å². The monoisotopic (exact) mass is 355 g/mol. The number of nitrogens with zero attached hydrogens (tertiary/aromatic N) is 1. The lowest BCUT2D eigenvalue weighted by Crippen LogP contribution is -2.35. The molecule has 1 fully saturated rings. The van der Waals surface area contributed by atoms with Crippen LogP contribution in [0.2, 0.25) is 0 Å². The van der Waals surface area contributed by atoms with Crippen molar-refractivity contribution in [1.29, 1.82) is 0 Å². The van der Waals surface area contributed by atoms with Gasteiger partial charge in [0, 0.05) is 18.0 Å². The minimum atomic E-state index is -0.627. The number of rotatable bonds is 5. The summed E-state index contributed by atoms with van der Waals surface area (Å²) in [6.07, 6.45) is 1.95. The molecule has 25 heavy (non-hydrogen) atoms. The summed E-state index contributed by atoms with van der Waals surface area (Å²) in [6.45, 7) is 0.516. The maximum absolute atomic E-state index is 13.0. The molecule has 128 valence electrons. The molecule has 1 aliphatic rings. The molecule has 1 amide bonds. The summed E-state index contributed by atoms with van der Waals surface area (Å²) >= 11 is 1.60. The van der Waals surface area contributed by atoms with Gasteiger partial charge in [0.2, 0.25) is 0 Å². The van der Waals surface area contributed by atoms with Crippen molar-refractivity contribution in [2.75, 3.05) is 7.11 Å². The van der Waals surface area contributed by atoms with E-state index >= 15 is 0 Å². The Morgan fingerprint density at radius 3 is 2.88 bits per heavy atom. The highest BCUT2D eigenvalue weighted by atomic mass is 32.1. The minimum Gasteiger partial charge on any atom is -0.493 e. The number of carbonyl (C=O) groups excluding carboxylic acids is 1. The molecule has 0 aliphatic heterocycles. The standard InChI is InChI=1S/C19H17NO4S/c1-23-16-4-2-3-13-9-15(19(22)24-17(13)16)18(21)20(14-5-6-14)10-12-7-8-25-11-12/h2-4,7-9,11,14H,5-6,10H2,1H3. The third-order valence-electron chi connectivity index (χ3n) is 4.36. The quantitative estimate of drug-likeness (QED) is 0.655. The van der Waals surface area contributed by atoms with Gasteiger partial charge in [-0.15, -0.1) is 0 Å². The summed E-state index contributed by atoms with van der Waals surface area (Å²) in [5.74, 6) is 0.207. The highest BCUT2D eigenvalue weighted by molar-refractivity contribution is 7.07. The van der Waals surface area contributed by atoms with Gasteiger partial charge in [0.05, 0.1) is 7.11 Å². The normalized spacial score (nSPS) is 13.8. The highest BCUT2D eigenvalue weighted by Crippen LogP contribution is 2.31. The van der Waals surface area contributed by atoms with Crippen LogP contribution in [-0.4, -0.2) is 24.0 Å². The van der Waals surface area contributed by atoms with Crippen molar-refractivity contribution in [3.05, 3.63) is 62.6 Å². The van der Waals surface area contributed by atoms with E-state index in [1.807, 2.05) is 16.8 Å². The zero-order valence-corrected chi connectivity index (χ0v) is 14.5. The van der Waals surface area contributed by atoms with Gasteiger partial charge < -0.3 is 14.1 Å². The summed E-state index contributed by atoms with van der Waals surface area (Å²) < 4.78 is 10.6. The molecule has 0 saturated heterocycles. The van der Waals surface area contributed by atoms with Crippen molar-refractivity contribution < 1.29 is 13.9 Å². The van der Waals surface area contributed by atoms with Gasteiger partial charge in [0.15, 0.2) is 11.3 Å². The molecule has 0 spiro atoms. The predicted octanol–water partition coefficient (Wildman–Crippen LogP) is 3.67. The lowest BCUT2D eigenvalue weighted by atomic mass is 10.1. The molecule has 0 bridgehead atoms. The van der Waals surface area contributed by atoms with Crippen molar-refractivity contribution >= 4 is 28.2 Å². The zero-order chi connectivity index (χ0) is 17.4. The van der Waals surface area contributed by atoms with Crippen LogP contribution in [0.3, 0.4) is 0 Å². The van der Waals surface area contributed by atoms with Crippen molar-refractivity contribution in [2.24, 2.45) is 0 Å². The number of hydrogen-bond donors (Lipinski definition) is 0. The number of hydrogen-bond acceptors (Lipinski definition) is 5. The van der Waals surface area contributed by atoms with E-state index in [4.69, 9.17) is 9.15 Å². The molecule has 4 rings (SSSR count). The molecule has 1 aliphatic carbocycles. The fraction of sp³-hybridized carbons (Fsp3) is 0.263. The van der Waals surface area contributed by atoms with E-state index in [2.05, 4.69) is 0 Å². The average molecular weight is 355 g/mol. The van der Waals surface area contributed by atoms with E-state index < -0.39 is 5.63 Å². The fourth-order valence-electron chi connectivity index (χ4n) is 2.91. The van der Waals surface area contributed by atoms with Gasteiger partial charge in [-0.3, -0.25) is 4.79 Å². The Hall–Kier alpha value is -2.60. The van der Waals surface area contributed by atoms with Crippen LogP contribution in [0.5, 0.6) is 5.75 Å². The molecule has 0 radical (unpaired) electrons. The number of benzene rings is 1. The molecular formula is C19H17NO4S. The van der Waals surface area contributed by atoms with E-state index in [0.717, 1.165) is 18.4 Å². The van der Waals surface area contributed by atoms with Crippen LogP contribution < -0.4 is 10.4 Å². The maximum atomic E-state index is 13.0. The molecule has 0 unspecified atom stereocenters. The average Bonchev–Trinajstić information content (AvgIpc) is 3.33. The van der Waals surface area contributed by atoms with Crippen LogP contribution in [0.15, 0.2) is 50.3 Å². The van der Waals surface area contributed by atoms with Crippen molar-refractivity contribution in [2.45, 2.75) is 25.4 Å². The molecule has 5 nitrogen and oxygen atoms in total. The molecule has 2 aromatic heterocycles. The topological polar surface area (TPSA) is 59.8 Å². The van der Waals surface area contributed by atoms with Crippen LogP contribution >= 0.6 is 11.3 Å². The number of methoxy groups -OCH3 is 1. The number of ether oxygens (including phenoxy) is 1. The van der Waals surface area contributed by atoms with Crippen LogP contribution in [0.1, 0.15) is 28.8 Å². The van der Waals surface area contributed by atoms with E-state index in [1.54, 1.807) is 40.5 Å². The molecular weight excluding hydrogens is 338 g/mol. The first-order valence-electron chi connectivity index (χ1n) is 8.10. The molecule has 6 heteroatoms. The first-order valence-corrected chi connectivity index (χ1v) is 9.04. The van der Waals surface area contributed by atoms with Crippen LogP contribution in [0.25, 0.3) is 11.0 Å². The van der Waals surface area contributed by atoms with Crippen molar-refractivity contribution in [3.63, 3.8) is 0 Å². The highest BCUT2D eigenvalue weighted by Gasteiger charge is 2.34. The predicted molar refractivity (Wildman–Crippen MR) is 96.3 cm³/mol. The second-order valence-electron chi connectivity index (χ2n) is 6.12. The van der Waals surface area contributed by atoms with Gasteiger partial charge in [-0.25, -0.2) is 4.79 Å². The number of carbonyl (C=O) groups is 1. The summed E-state index contributed by atoms with van der Waals surface area (Å²) in [5, 5.41) is 4.69. The molecule has 3 aromatic rings. The zero-order valence-electron chi connectivity index (χ0n) is 13.7. The van der Waals surface area contributed by atoms with E-state index in [1.165, 1.54) is 7.11 Å². The second-order valence-corrected chi connectivity index (χ2v) is 6.90. The van der Waals surface area contributed by atoms with Crippen molar-refractivity contribution in [1.82, 2.24) is 4.90 Å². The SMILES string of the molecule is COc1cccc2cc(C(=O)N(Cc3ccsc3)C3CC3)c(=O)oc12.